The van der Waals surface area contributed by atoms with Crippen molar-refractivity contribution in [1.29, 1.82) is 0 Å². The Labute approximate surface area is 136 Å². The fraction of sp³-hybridized carbons (Fsp3) is 0.211. The SMILES string of the molecule is CCC/C(=N\c1c(-c2cn[nH]c2)ccnc1C)c1ccccc1. The van der Waals surface area contributed by atoms with Crippen LogP contribution in [0, 0.1) is 6.92 Å². The lowest BCUT2D eigenvalue weighted by Gasteiger charge is -2.10. The first kappa shape index (κ1) is 15.2. The van der Waals surface area contributed by atoms with Gasteiger partial charge in [-0.3, -0.25) is 15.1 Å². The Morgan fingerprint density at radius 2 is 2.00 bits per heavy atom. The van der Waals surface area contributed by atoms with Gasteiger partial charge >= 0.3 is 0 Å². The molecule has 116 valence electrons. The van der Waals surface area contributed by atoms with E-state index in [0.29, 0.717) is 0 Å². The van der Waals surface area contributed by atoms with Crippen LogP contribution in [0.5, 0.6) is 0 Å². The molecule has 1 aromatic carbocycles. The van der Waals surface area contributed by atoms with E-state index in [4.69, 9.17) is 4.99 Å². The molecule has 0 bridgehead atoms. The first-order valence-electron chi connectivity index (χ1n) is 7.87. The van der Waals surface area contributed by atoms with E-state index in [0.717, 1.165) is 46.6 Å². The van der Waals surface area contributed by atoms with Crippen LogP contribution in [0.1, 0.15) is 31.0 Å². The molecule has 0 aliphatic carbocycles. The number of nitrogens with zero attached hydrogens (tertiary/aromatic N) is 3. The summed E-state index contributed by atoms with van der Waals surface area (Å²) in [5, 5.41) is 6.92. The van der Waals surface area contributed by atoms with Crippen LogP contribution in [0.4, 0.5) is 5.69 Å². The van der Waals surface area contributed by atoms with E-state index in [1.807, 2.05) is 49.8 Å². The van der Waals surface area contributed by atoms with Crippen molar-refractivity contribution in [3.05, 3.63) is 66.2 Å². The number of aryl methyl sites for hydroxylation is 1. The number of rotatable bonds is 5. The van der Waals surface area contributed by atoms with Crippen molar-refractivity contribution in [2.45, 2.75) is 26.7 Å². The van der Waals surface area contributed by atoms with E-state index in [9.17, 15) is 0 Å². The lowest BCUT2D eigenvalue weighted by Crippen LogP contribution is -2.00. The van der Waals surface area contributed by atoms with Crippen molar-refractivity contribution < 1.29 is 0 Å². The number of aliphatic imine (C=N–C) groups is 1. The first-order valence-corrected chi connectivity index (χ1v) is 7.87. The summed E-state index contributed by atoms with van der Waals surface area (Å²) in [6, 6.07) is 12.3. The van der Waals surface area contributed by atoms with Gasteiger partial charge in [0.05, 0.1) is 17.6 Å². The fourth-order valence-electron chi connectivity index (χ4n) is 2.60. The topological polar surface area (TPSA) is 53.9 Å². The number of benzene rings is 1. The van der Waals surface area contributed by atoms with Crippen molar-refractivity contribution in [3.8, 4) is 11.1 Å². The monoisotopic (exact) mass is 304 g/mol. The number of aromatic nitrogens is 3. The minimum atomic E-state index is 0.918. The van der Waals surface area contributed by atoms with Gasteiger partial charge in [0.1, 0.15) is 0 Å². The van der Waals surface area contributed by atoms with E-state index in [1.54, 1.807) is 0 Å². The largest absolute Gasteiger partial charge is 0.285 e. The zero-order chi connectivity index (χ0) is 16.1. The van der Waals surface area contributed by atoms with Crippen LogP contribution in [0.25, 0.3) is 11.1 Å². The Morgan fingerprint density at radius 1 is 1.17 bits per heavy atom. The predicted molar refractivity (Wildman–Crippen MR) is 94.1 cm³/mol. The van der Waals surface area contributed by atoms with E-state index >= 15 is 0 Å². The van der Waals surface area contributed by atoms with Gasteiger partial charge in [0.15, 0.2) is 0 Å². The molecule has 1 N–H and O–H groups in total. The summed E-state index contributed by atoms with van der Waals surface area (Å²) < 4.78 is 0. The fourth-order valence-corrected chi connectivity index (χ4v) is 2.60. The molecule has 3 aromatic rings. The highest BCUT2D eigenvalue weighted by Crippen LogP contribution is 2.32. The quantitative estimate of drug-likeness (QED) is 0.694. The summed E-state index contributed by atoms with van der Waals surface area (Å²) >= 11 is 0. The highest BCUT2D eigenvalue weighted by molar-refractivity contribution is 6.03. The molecule has 0 atom stereocenters. The van der Waals surface area contributed by atoms with Gasteiger partial charge in [-0.1, -0.05) is 43.7 Å². The van der Waals surface area contributed by atoms with Gasteiger partial charge in [0.25, 0.3) is 0 Å². The summed E-state index contributed by atoms with van der Waals surface area (Å²) in [4.78, 5) is 9.41. The predicted octanol–water partition coefficient (Wildman–Crippen LogP) is 4.70. The van der Waals surface area contributed by atoms with Crippen LogP contribution >= 0.6 is 0 Å². The number of H-pyrrole nitrogens is 1. The third kappa shape index (κ3) is 3.37. The van der Waals surface area contributed by atoms with Gasteiger partial charge in [-0.05, 0) is 25.0 Å². The van der Waals surface area contributed by atoms with Crippen molar-refractivity contribution in [2.24, 2.45) is 4.99 Å². The zero-order valence-corrected chi connectivity index (χ0v) is 13.5. The Balaban J connectivity index is 2.13. The Morgan fingerprint density at radius 3 is 2.70 bits per heavy atom. The standard InChI is InChI=1S/C19H20N4/c1-3-7-18(15-8-5-4-6-9-15)23-19-14(2)20-11-10-17(19)16-12-21-22-13-16/h4-6,8-13H,3,7H2,1-2H3,(H,21,22)/b23-18+. The van der Waals surface area contributed by atoms with E-state index in [2.05, 4.69) is 34.2 Å². The maximum atomic E-state index is 4.99. The average molecular weight is 304 g/mol. The average Bonchev–Trinajstić information content (AvgIpc) is 3.11. The second kappa shape index (κ2) is 7.01. The Kier molecular flexibility index (Phi) is 4.62. The number of aromatic amines is 1. The van der Waals surface area contributed by atoms with Crippen LogP contribution in [0.15, 0.2) is 60.0 Å². The molecular formula is C19H20N4. The smallest absolute Gasteiger partial charge is 0.0925 e. The summed E-state index contributed by atoms with van der Waals surface area (Å²) in [7, 11) is 0. The molecule has 4 nitrogen and oxygen atoms in total. The molecule has 4 heteroatoms. The van der Waals surface area contributed by atoms with Crippen molar-refractivity contribution in [1.82, 2.24) is 15.2 Å². The van der Waals surface area contributed by atoms with E-state index in [1.165, 1.54) is 0 Å². The molecule has 0 saturated carbocycles. The second-order valence-corrected chi connectivity index (χ2v) is 5.45. The van der Waals surface area contributed by atoms with E-state index in [-0.39, 0.29) is 0 Å². The van der Waals surface area contributed by atoms with Crippen LogP contribution < -0.4 is 0 Å². The summed E-state index contributed by atoms with van der Waals surface area (Å²) in [5.74, 6) is 0. The summed E-state index contributed by atoms with van der Waals surface area (Å²) in [6.07, 6.45) is 7.50. The van der Waals surface area contributed by atoms with Gasteiger partial charge in [-0.25, -0.2) is 0 Å². The lowest BCUT2D eigenvalue weighted by molar-refractivity contribution is 0.991. The third-order valence-corrected chi connectivity index (χ3v) is 3.76. The molecule has 2 heterocycles. The van der Waals surface area contributed by atoms with Gasteiger partial charge in [0, 0.05) is 29.2 Å². The zero-order valence-electron chi connectivity index (χ0n) is 13.5. The molecule has 23 heavy (non-hydrogen) atoms. The Hall–Kier alpha value is -2.75. The minimum Gasteiger partial charge on any atom is -0.285 e. The maximum Gasteiger partial charge on any atom is 0.0925 e. The van der Waals surface area contributed by atoms with Crippen LogP contribution in [0.2, 0.25) is 0 Å². The normalized spacial score (nSPS) is 11.7. The minimum absolute atomic E-state index is 0.918. The molecule has 0 aliphatic rings. The van der Waals surface area contributed by atoms with E-state index < -0.39 is 0 Å². The molecule has 0 saturated heterocycles. The van der Waals surface area contributed by atoms with Gasteiger partial charge in [-0.15, -0.1) is 0 Å². The third-order valence-electron chi connectivity index (χ3n) is 3.76. The van der Waals surface area contributed by atoms with Crippen LogP contribution in [-0.4, -0.2) is 20.9 Å². The Bertz CT molecular complexity index is 790. The molecule has 0 radical (unpaired) electrons. The first-order chi connectivity index (χ1) is 11.3. The molecule has 0 aliphatic heterocycles. The number of pyridine rings is 1. The molecule has 2 aromatic heterocycles. The number of hydrogen-bond donors (Lipinski definition) is 1. The van der Waals surface area contributed by atoms with Gasteiger partial charge in [0.2, 0.25) is 0 Å². The maximum absolute atomic E-state index is 4.99. The highest BCUT2D eigenvalue weighted by Gasteiger charge is 2.11. The summed E-state index contributed by atoms with van der Waals surface area (Å²) in [5.41, 5.74) is 6.17. The van der Waals surface area contributed by atoms with Crippen LogP contribution in [0.3, 0.4) is 0 Å². The number of hydrogen-bond acceptors (Lipinski definition) is 3. The van der Waals surface area contributed by atoms with Crippen molar-refractivity contribution >= 4 is 11.4 Å². The molecule has 0 fully saturated rings. The molecule has 0 spiro atoms. The summed E-state index contributed by atoms with van der Waals surface area (Å²) in [6.45, 7) is 4.17. The van der Waals surface area contributed by atoms with Crippen LogP contribution in [-0.2, 0) is 0 Å². The highest BCUT2D eigenvalue weighted by atomic mass is 15.1. The van der Waals surface area contributed by atoms with Crippen molar-refractivity contribution in [2.75, 3.05) is 0 Å². The molecular weight excluding hydrogens is 284 g/mol. The van der Waals surface area contributed by atoms with Gasteiger partial charge in [-0.2, -0.15) is 5.10 Å². The van der Waals surface area contributed by atoms with Crippen molar-refractivity contribution in [3.63, 3.8) is 0 Å². The number of nitrogens with one attached hydrogen (secondary N) is 1. The lowest BCUT2D eigenvalue weighted by atomic mass is 10.0. The van der Waals surface area contributed by atoms with Gasteiger partial charge < -0.3 is 0 Å². The molecule has 0 unspecified atom stereocenters. The molecule has 3 rings (SSSR count). The second-order valence-electron chi connectivity index (χ2n) is 5.45. The molecule has 0 amide bonds.